The first-order chi connectivity index (χ1) is 9.15. The summed E-state index contributed by atoms with van der Waals surface area (Å²) >= 11 is 0. The standard InChI is InChI=1S/C14H13N3O2/c1-11-2-4-12(5-3-11)10-15-16-13-6-8-14(9-7-13)17(18)19/h2-10,16H,1H3/b15-10-. The maximum absolute atomic E-state index is 10.5. The lowest BCUT2D eigenvalue weighted by Gasteiger charge is -1.99. The van der Waals surface area contributed by atoms with E-state index in [1.54, 1.807) is 18.3 Å². The molecule has 5 nitrogen and oxygen atoms in total. The van der Waals surface area contributed by atoms with Crippen LogP contribution in [-0.4, -0.2) is 11.1 Å². The zero-order valence-electron chi connectivity index (χ0n) is 10.4. The van der Waals surface area contributed by atoms with E-state index >= 15 is 0 Å². The number of benzene rings is 2. The van der Waals surface area contributed by atoms with Crippen molar-refractivity contribution in [3.05, 3.63) is 69.8 Å². The molecule has 0 atom stereocenters. The van der Waals surface area contributed by atoms with Crippen molar-refractivity contribution in [2.75, 3.05) is 5.43 Å². The fourth-order valence-corrected chi connectivity index (χ4v) is 1.49. The van der Waals surface area contributed by atoms with Crippen LogP contribution in [0.2, 0.25) is 0 Å². The molecule has 0 aliphatic heterocycles. The highest BCUT2D eigenvalue weighted by atomic mass is 16.6. The van der Waals surface area contributed by atoms with Gasteiger partial charge in [-0.25, -0.2) is 0 Å². The number of hydrazone groups is 1. The molecule has 2 aromatic carbocycles. The number of nitro groups is 1. The van der Waals surface area contributed by atoms with E-state index in [0.29, 0.717) is 5.69 Å². The normalized spacial score (nSPS) is 10.6. The molecule has 19 heavy (non-hydrogen) atoms. The third-order valence-electron chi connectivity index (χ3n) is 2.56. The van der Waals surface area contributed by atoms with E-state index in [0.717, 1.165) is 5.56 Å². The van der Waals surface area contributed by atoms with Gasteiger partial charge in [0.2, 0.25) is 0 Å². The maximum atomic E-state index is 10.5. The van der Waals surface area contributed by atoms with Gasteiger partial charge in [0.25, 0.3) is 5.69 Å². The molecule has 0 aromatic heterocycles. The van der Waals surface area contributed by atoms with E-state index in [1.165, 1.54) is 17.7 Å². The van der Waals surface area contributed by atoms with Crippen molar-refractivity contribution in [2.24, 2.45) is 5.10 Å². The van der Waals surface area contributed by atoms with E-state index in [4.69, 9.17) is 0 Å². The molecular formula is C14H13N3O2. The Morgan fingerprint density at radius 1 is 1.11 bits per heavy atom. The molecule has 0 unspecified atom stereocenters. The second-order valence-corrected chi connectivity index (χ2v) is 4.08. The van der Waals surface area contributed by atoms with Crippen molar-refractivity contribution in [3.63, 3.8) is 0 Å². The molecule has 0 saturated carbocycles. The topological polar surface area (TPSA) is 67.5 Å². The third-order valence-corrected chi connectivity index (χ3v) is 2.56. The van der Waals surface area contributed by atoms with Gasteiger partial charge in [-0.1, -0.05) is 29.8 Å². The Kier molecular flexibility index (Phi) is 3.87. The van der Waals surface area contributed by atoms with Crippen LogP contribution in [0.4, 0.5) is 11.4 Å². The Morgan fingerprint density at radius 2 is 1.74 bits per heavy atom. The van der Waals surface area contributed by atoms with Gasteiger partial charge in [-0.15, -0.1) is 0 Å². The number of nitro benzene ring substituents is 1. The van der Waals surface area contributed by atoms with E-state index in [1.807, 2.05) is 31.2 Å². The summed E-state index contributed by atoms with van der Waals surface area (Å²) in [4.78, 5) is 10.1. The first-order valence-corrected chi connectivity index (χ1v) is 5.75. The number of rotatable bonds is 4. The predicted molar refractivity (Wildman–Crippen MR) is 75.5 cm³/mol. The van der Waals surface area contributed by atoms with Gasteiger partial charge in [-0.05, 0) is 24.6 Å². The Labute approximate surface area is 110 Å². The first-order valence-electron chi connectivity index (χ1n) is 5.75. The molecular weight excluding hydrogens is 242 g/mol. The first kappa shape index (κ1) is 12.8. The van der Waals surface area contributed by atoms with Crippen LogP contribution in [0.15, 0.2) is 53.6 Å². The molecule has 0 heterocycles. The SMILES string of the molecule is Cc1ccc(/C=N\Nc2ccc([N+](=O)[O-])cc2)cc1. The molecule has 0 aliphatic rings. The predicted octanol–water partition coefficient (Wildman–Crippen LogP) is 3.35. The van der Waals surface area contributed by atoms with Crippen molar-refractivity contribution >= 4 is 17.6 Å². The van der Waals surface area contributed by atoms with Crippen molar-refractivity contribution in [1.29, 1.82) is 0 Å². The van der Waals surface area contributed by atoms with Crippen LogP contribution in [0.5, 0.6) is 0 Å². The van der Waals surface area contributed by atoms with Crippen LogP contribution in [0.3, 0.4) is 0 Å². The Morgan fingerprint density at radius 3 is 2.32 bits per heavy atom. The molecule has 0 saturated heterocycles. The van der Waals surface area contributed by atoms with Crippen LogP contribution in [0, 0.1) is 17.0 Å². The van der Waals surface area contributed by atoms with Crippen LogP contribution in [0.25, 0.3) is 0 Å². The largest absolute Gasteiger partial charge is 0.278 e. The summed E-state index contributed by atoms with van der Waals surface area (Å²) in [6, 6.07) is 14.1. The minimum Gasteiger partial charge on any atom is -0.278 e. The molecule has 0 spiro atoms. The number of hydrogen-bond acceptors (Lipinski definition) is 4. The number of hydrogen-bond donors (Lipinski definition) is 1. The van der Waals surface area contributed by atoms with Crippen LogP contribution < -0.4 is 5.43 Å². The molecule has 0 aliphatic carbocycles. The minimum absolute atomic E-state index is 0.0630. The fraction of sp³-hybridized carbons (Fsp3) is 0.0714. The summed E-state index contributed by atoms with van der Waals surface area (Å²) in [5, 5.41) is 14.6. The van der Waals surface area contributed by atoms with E-state index in [9.17, 15) is 10.1 Å². The molecule has 2 rings (SSSR count). The minimum atomic E-state index is -0.431. The lowest BCUT2D eigenvalue weighted by molar-refractivity contribution is -0.384. The average Bonchev–Trinajstić information content (AvgIpc) is 2.41. The summed E-state index contributed by atoms with van der Waals surface area (Å²) < 4.78 is 0. The molecule has 0 amide bonds. The Hall–Kier alpha value is -2.69. The molecule has 2 aromatic rings. The van der Waals surface area contributed by atoms with Crippen LogP contribution in [-0.2, 0) is 0 Å². The van der Waals surface area contributed by atoms with Gasteiger partial charge < -0.3 is 0 Å². The summed E-state index contributed by atoms with van der Waals surface area (Å²) in [5.74, 6) is 0. The lowest BCUT2D eigenvalue weighted by Crippen LogP contribution is -1.92. The Bertz CT molecular complexity index is 589. The fourth-order valence-electron chi connectivity index (χ4n) is 1.49. The summed E-state index contributed by atoms with van der Waals surface area (Å²) in [6.45, 7) is 2.02. The van der Waals surface area contributed by atoms with Crippen molar-refractivity contribution in [3.8, 4) is 0 Å². The zero-order valence-corrected chi connectivity index (χ0v) is 10.4. The smallest absolute Gasteiger partial charge is 0.269 e. The van der Waals surface area contributed by atoms with Crippen LogP contribution in [0.1, 0.15) is 11.1 Å². The van der Waals surface area contributed by atoms with Gasteiger partial charge in [0.15, 0.2) is 0 Å². The van der Waals surface area contributed by atoms with Crippen molar-refractivity contribution in [2.45, 2.75) is 6.92 Å². The summed E-state index contributed by atoms with van der Waals surface area (Å²) in [7, 11) is 0. The van der Waals surface area contributed by atoms with Gasteiger partial charge in [0.1, 0.15) is 0 Å². The second kappa shape index (κ2) is 5.77. The van der Waals surface area contributed by atoms with Gasteiger partial charge >= 0.3 is 0 Å². The molecule has 5 heteroatoms. The van der Waals surface area contributed by atoms with E-state index in [-0.39, 0.29) is 5.69 Å². The quantitative estimate of drug-likeness (QED) is 0.517. The van der Waals surface area contributed by atoms with E-state index < -0.39 is 4.92 Å². The molecule has 0 fully saturated rings. The molecule has 0 bridgehead atoms. The zero-order chi connectivity index (χ0) is 13.7. The number of aryl methyl sites for hydroxylation is 1. The highest BCUT2D eigenvalue weighted by Crippen LogP contribution is 2.15. The molecule has 96 valence electrons. The average molecular weight is 255 g/mol. The number of anilines is 1. The van der Waals surface area contributed by atoms with Crippen LogP contribution >= 0.6 is 0 Å². The molecule has 1 N–H and O–H groups in total. The lowest BCUT2D eigenvalue weighted by atomic mass is 10.2. The van der Waals surface area contributed by atoms with Crippen molar-refractivity contribution < 1.29 is 4.92 Å². The molecule has 0 radical (unpaired) electrons. The highest BCUT2D eigenvalue weighted by Gasteiger charge is 2.02. The van der Waals surface area contributed by atoms with Gasteiger partial charge in [-0.2, -0.15) is 5.10 Å². The summed E-state index contributed by atoms with van der Waals surface area (Å²) in [6.07, 6.45) is 1.70. The maximum Gasteiger partial charge on any atom is 0.269 e. The number of nitrogens with one attached hydrogen (secondary N) is 1. The summed E-state index contributed by atoms with van der Waals surface area (Å²) in [5.41, 5.74) is 5.77. The Balaban J connectivity index is 1.98. The van der Waals surface area contributed by atoms with Crippen molar-refractivity contribution in [1.82, 2.24) is 0 Å². The second-order valence-electron chi connectivity index (χ2n) is 4.08. The van der Waals surface area contributed by atoms with E-state index in [2.05, 4.69) is 10.5 Å². The third kappa shape index (κ3) is 3.64. The number of nitrogens with zero attached hydrogens (tertiary/aromatic N) is 2. The van der Waals surface area contributed by atoms with Gasteiger partial charge in [0, 0.05) is 12.1 Å². The van der Waals surface area contributed by atoms with Gasteiger partial charge in [-0.3, -0.25) is 15.5 Å². The number of non-ortho nitro benzene ring substituents is 1. The van der Waals surface area contributed by atoms with Gasteiger partial charge in [0.05, 0.1) is 16.8 Å². The highest BCUT2D eigenvalue weighted by molar-refractivity contribution is 5.80. The monoisotopic (exact) mass is 255 g/mol.